The predicted molar refractivity (Wildman–Crippen MR) is 76.6 cm³/mol. The zero-order valence-corrected chi connectivity index (χ0v) is 11.5. The molecule has 0 fully saturated rings. The van der Waals surface area contributed by atoms with Crippen molar-refractivity contribution in [2.45, 2.75) is 6.42 Å². The molecule has 18 heavy (non-hydrogen) atoms. The van der Waals surface area contributed by atoms with Crippen molar-refractivity contribution in [3.63, 3.8) is 0 Å². The van der Waals surface area contributed by atoms with Crippen LogP contribution in [0.15, 0.2) is 30.6 Å². The summed E-state index contributed by atoms with van der Waals surface area (Å²) in [5.74, 6) is 0.916. The lowest BCUT2D eigenvalue weighted by Crippen LogP contribution is -2.06. The van der Waals surface area contributed by atoms with E-state index in [0.29, 0.717) is 3.57 Å². The Labute approximate surface area is 117 Å². The van der Waals surface area contributed by atoms with Crippen LogP contribution in [-0.4, -0.2) is 21.4 Å². The van der Waals surface area contributed by atoms with Crippen LogP contribution in [0.1, 0.15) is 5.82 Å². The summed E-state index contributed by atoms with van der Waals surface area (Å²) in [6.45, 7) is 0.724. The van der Waals surface area contributed by atoms with E-state index in [9.17, 15) is 10.1 Å². The van der Waals surface area contributed by atoms with Gasteiger partial charge in [0.1, 0.15) is 5.82 Å². The molecule has 1 heterocycles. The van der Waals surface area contributed by atoms with Gasteiger partial charge in [-0.15, -0.1) is 0 Å². The van der Waals surface area contributed by atoms with Crippen molar-refractivity contribution in [2.24, 2.45) is 0 Å². The average molecular weight is 358 g/mol. The molecule has 2 N–H and O–H groups in total. The van der Waals surface area contributed by atoms with Gasteiger partial charge in [0.05, 0.1) is 8.49 Å². The Morgan fingerprint density at radius 2 is 2.33 bits per heavy atom. The van der Waals surface area contributed by atoms with Crippen molar-refractivity contribution in [1.82, 2.24) is 9.97 Å². The summed E-state index contributed by atoms with van der Waals surface area (Å²) in [6.07, 6.45) is 4.27. The van der Waals surface area contributed by atoms with Gasteiger partial charge in [0.15, 0.2) is 0 Å². The van der Waals surface area contributed by atoms with Gasteiger partial charge in [0.2, 0.25) is 0 Å². The maximum absolute atomic E-state index is 10.7. The van der Waals surface area contributed by atoms with Gasteiger partial charge < -0.3 is 10.3 Å². The molecule has 1 aromatic carbocycles. The highest BCUT2D eigenvalue weighted by molar-refractivity contribution is 14.1. The third kappa shape index (κ3) is 3.19. The summed E-state index contributed by atoms with van der Waals surface area (Å²) in [4.78, 5) is 17.4. The molecule has 7 heteroatoms. The molecule has 0 saturated heterocycles. The maximum atomic E-state index is 10.7. The molecule has 0 spiro atoms. The molecule has 0 amide bonds. The van der Waals surface area contributed by atoms with Gasteiger partial charge in [-0.1, -0.05) is 0 Å². The van der Waals surface area contributed by atoms with Gasteiger partial charge in [-0.2, -0.15) is 0 Å². The molecule has 0 unspecified atom stereocenters. The molecule has 0 aliphatic heterocycles. The van der Waals surface area contributed by atoms with Crippen LogP contribution >= 0.6 is 22.6 Å². The highest BCUT2D eigenvalue weighted by Crippen LogP contribution is 2.23. The smallest absolute Gasteiger partial charge is 0.282 e. The van der Waals surface area contributed by atoms with Crippen LogP contribution in [0, 0.1) is 13.7 Å². The number of aromatic nitrogens is 2. The van der Waals surface area contributed by atoms with Gasteiger partial charge in [-0.25, -0.2) is 4.98 Å². The minimum absolute atomic E-state index is 0.132. The van der Waals surface area contributed by atoms with Crippen molar-refractivity contribution < 1.29 is 4.92 Å². The first-order valence-corrected chi connectivity index (χ1v) is 6.41. The Morgan fingerprint density at radius 3 is 2.94 bits per heavy atom. The Bertz CT molecular complexity index is 542. The molecule has 1 aromatic heterocycles. The van der Waals surface area contributed by atoms with Gasteiger partial charge in [0, 0.05) is 37.1 Å². The first-order valence-electron chi connectivity index (χ1n) is 5.33. The number of hydrogen-bond acceptors (Lipinski definition) is 4. The number of nitrogens with zero attached hydrogens (tertiary/aromatic N) is 2. The summed E-state index contributed by atoms with van der Waals surface area (Å²) in [7, 11) is 0. The minimum atomic E-state index is -0.381. The minimum Gasteiger partial charge on any atom is -0.385 e. The quantitative estimate of drug-likeness (QED) is 0.489. The number of halogens is 1. The summed E-state index contributed by atoms with van der Waals surface area (Å²) in [5, 5.41) is 13.9. The van der Waals surface area contributed by atoms with Crippen LogP contribution in [-0.2, 0) is 6.42 Å². The number of nitrogens with one attached hydrogen (secondary N) is 2. The number of rotatable bonds is 5. The van der Waals surface area contributed by atoms with Gasteiger partial charge >= 0.3 is 0 Å². The summed E-state index contributed by atoms with van der Waals surface area (Å²) >= 11 is 1.96. The molecule has 94 valence electrons. The van der Waals surface area contributed by atoms with E-state index in [-0.39, 0.29) is 10.6 Å². The van der Waals surface area contributed by atoms with E-state index >= 15 is 0 Å². The second-order valence-electron chi connectivity index (χ2n) is 3.64. The highest BCUT2D eigenvalue weighted by atomic mass is 127. The summed E-state index contributed by atoms with van der Waals surface area (Å²) in [5.41, 5.74) is 1.00. The third-order valence-electron chi connectivity index (χ3n) is 2.39. The van der Waals surface area contributed by atoms with Gasteiger partial charge in [0.25, 0.3) is 5.69 Å². The van der Waals surface area contributed by atoms with Crippen molar-refractivity contribution >= 4 is 34.0 Å². The standard InChI is InChI=1S/C11H11IN4O2/c12-9-7-8(1-2-10(9)16(17)18)13-4-3-11-14-5-6-15-11/h1-2,5-7,13H,3-4H2,(H,14,15). The van der Waals surface area contributed by atoms with Crippen molar-refractivity contribution in [3.05, 3.63) is 50.1 Å². The topological polar surface area (TPSA) is 83.8 Å². The molecule has 0 aliphatic rings. The monoisotopic (exact) mass is 358 g/mol. The zero-order valence-electron chi connectivity index (χ0n) is 9.39. The average Bonchev–Trinajstić information content (AvgIpc) is 2.81. The van der Waals surface area contributed by atoms with Crippen molar-refractivity contribution in [2.75, 3.05) is 11.9 Å². The molecular weight excluding hydrogens is 347 g/mol. The highest BCUT2D eigenvalue weighted by Gasteiger charge is 2.11. The second-order valence-corrected chi connectivity index (χ2v) is 4.80. The fraction of sp³-hybridized carbons (Fsp3) is 0.182. The van der Waals surface area contributed by atoms with Crippen LogP contribution in [0.3, 0.4) is 0 Å². The SMILES string of the molecule is O=[N+]([O-])c1ccc(NCCc2ncc[nH]2)cc1I. The molecule has 0 saturated carbocycles. The van der Waals surface area contributed by atoms with Crippen LogP contribution in [0.5, 0.6) is 0 Å². The Kier molecular flexibility index (Phi) is 4.13. The molecule has 0 radical (unpaired) electrons. The molecule has 0 aliphatic carbocycles. The van der Waals surface area contributed by atoms with Crippen LogP contribution in [0.2, 0.25) is 0 Å². The van der Waals surface area contributed by atoms with Gasteiger partial charge in [-0.05, 0) is 34.7 Å². The lowest BCUT2D eigenvalue weighted by Gasteiger charge is -2.05. The molecule has 2 aromatic rings. The number of anilines is 1. The Morgan fingerprint density at radius 1 is 1.50 bits per heavy atom. The first-order chi connectivity index (χ1) is 8.66. The van der Waals surface area contributed by atoms with E-state index in [1.807, 2.05) is 22.6 Å². The zero-order chi connectivity index (χ0) is 13.0. The number of H-pyrrole nitrogens is 1. The molecular formula is C11H11IN4O2. The predicted octanol–water partition coefficient (Wildman–Crippen LogP) is 2.58. The summed E-state index contributed by atoms with van der Waals surface area (Å²) in [6, 6.07) is 4.99. The Balaban J connectivity index is 1.94. The summed E-state index contributed by atoms with van der Waals surface area (Å²) < 4.78 is 0.626. The van der Waals surface area contributed by atoms with Crippen LogP contribution < -0.4 is 5.32 Å². The van der Waals surface area contributed by atoms with E-state index in [4.69, 9.17) is 0 Å². The lowest BCUT2D eigenvalue weighted by molar-refractivity contribution is -0.385. The molecule has 0 atom stereocenters. The van der Waals surface area contributed by atoms with Crippen LogP contribution in [0.25, 0.3) is 0 Å². The number of aromatic amines is 1. The molecule has 0 bridgehead atoms. The fourth-order valence-electron chi connectivity index (χ4n) is 1.52. The number of imidazole rings is 1. The normalized spacial score (nSPS) is 10.3. The maximum Gasteiger partial charge on any atom is 0.282 e. The van der Waals surface area contributed by atoms with E-state index in [1.165, 1.54) is 6.07 Å². The lowest BCUT2D eigenvalue weighted by atomic mass is 10.3. The van der Waals surface area contributed by atoms with Crippen LogP contribution in [0.4, 0.5) is 11.4 Å². The Hall–Kier alpha value is -1.64. The second kappa shape index (κ2) is 5.80. The van der Waals surface area contributed by atoms with Gasteiger partial charge in [-0.3, -0.25) is 10.1 Å². The van der Waals surface area contributed by atoms with Crippen molar-refractivity contribution in [1.29, 1.82) is 0 Å². The third-order valence-corrected chi connectivity index (χ3v) is 3.25. The molecule has 2 rings (SSSR count). The number of benzene rings is 1. The van der Waals surface area contributed by atoms with E-state index in [0.717, 1.165) is 24.5 Å². The molecule has 6 nitrogen and oxygen atoms in total. The van der Waals surface area contributed by atoms with E-state index in [1.54, 1.807) is 24.5 Å². The number of nitro benzene ring substituents is 1. The largest absolute Gasteiger partial charge is 0.385 e. The van der Waals surface area contributed by atoms with E-state index in [2.05, 4.69) is 15.3 Å². The fourth-order valence-corrected chi connectivity index (χ4v) is 2.24. The first kappa shape index (κ1) is 12.8. The number of hydrogen-bond donors (Lipinski definition) is 2. The van der Waals surface area contributed by atoms with Crippen molar-refractivity contribution in [3.8, 4) is 0 Å². The van der Waals surface area contributed by atoms with E-state index < -0.39 is 0 Å². The number of nitro groups is 1.